The van der Waals surface area contributed by atoms with Crippen molar-refractivity contribution in [3.63, 3.8) is 0 Å². The highest BCUT2D eigenvalue weighted by Gasteiger charge is 2.13. The lowest BCUT2D eigenvalue weighted by Crippen LogP contribution is -2.24. The van der Waals surface area contributed by atoms with Gasteiger partial charge in [0.2, 0.25) is 5.78 Å². The van der Waals surface area contributed by atoms with Crippen LogP contribution in [-0.2, 0) is 9.53 Å². The summed E-state index contributed by atoms with van der Waals surface area (Å²) in [6.07, 6.45) is 7.63. The van der Waals surface area contributed by atoms with Gasteiger partial charge in [0.15, 0.2) is 5.76 Å². The zero-order valence-corrected chi connectivity index (χ0v) is 6.80. The van der Waals surface area contributed by atoms with Crippen LogP contribution in [0.4, 0.5) is 0 Å². The number of nitrogens with one attached hydrogen (secondary N) is 1. The number of carbonyl (C=O) groups excluding carboxylic acids is 1. The van der Waals surface area contributed by atoms with Gasteiger partial charge in [0.25, 0.3) is 0 Å². The average Bonchev–Trinajstić information content (AvgIpc) is 2.56. The molecule has 0 bridgehead atoms. The molecule has 0 amide bonds. The van der Waals surface area contributed by atoms with Crippen LogP contribution in [0.5, 0.6) is 0 Å². The van der Waals surface area contributed by atoms with Crippen molar-refractivity contribution in [1.29, 1.82) is 0 Å². The molecule has 0 unspecified atom stereocenters. The van der Waals surface area contributed by atoms with Crippen LogP contribution in [-0.4, -0.2) is 25.5 Å². The predicted octanol–water partition coefficient (Wildman–Crippen LogP) is 0.0825. The van der Waals surface area contributed by atoms with Gasteiger partial charge in [-0.1, -0.05) is 5.92 Å². The fourth-order valence-corrected chi connectivity index (χ4v) is 0.947. The van der Waals surface area contributed by atoms with Gasteiger partial charge >= 0.3 is 0 Å². The van der Waals surface area contributed by atoms with E-state index in [-0.39, 0.29) is 12.3 Å². The Kier molecular flexibility index (Phi) is 3.36. The van der Waals surface area contributed by atoms with E-state index in [2.05, 4.69) is 11.2 Å². The zero-order chi connectivity index (χ0) is 8.81. The monoisotopic (exact) mass is 165 g/mol. The quantitative estimate of drug-likeness (QED) is 0.473. The molecule has 0 saturated carbocycles. The molecular weight excluding hydrogens is 154 g/mol. The van der Waals surface area contributed by atoms with E-state index in [4.69, 9.17) is 11.2 Å². The summed E-state index contributed by atoms with van der Waals surface area (Å²) >= 11 is 0. The van der Waals surface area contributed by atoms with Gasteiger partial charge < -0.3 is 4.74 Å². The van der Waals surface area contributed by atoms with Gasteiger partial charge in [-0.2, -0.15) is 0 Å². The first-order valence-electron chi connectivity index (χ1n) is 3.85. The third-order valence-corrected chi connectivity index (χ3v) is 1.49. The van der Waals surface area contributed by atoms with Crippen molar-refractivity contribution in [2.45, 2.75) is 6.42 Å². The highest BCUT2D eigenvalue weighted by Crippen LogP contribution is 2.08. The lowest BCUT2D eigenvalue weighted by atomic mass is 10.3. The molecule has 1 rings (SSSR count). The minimum absolute atomic E-state index is 0.0252. The Morgan fingerprint density at radius 1 is 1.83 bits per heavy atom. The zero-order valence-electron chi connectivity index (χ0n) is 6.80. The van der Waals surface area contributed by atoms with Gasteiger partial charge in [-0.05, 0) is 6.08 Å². The van der Waals surface area contributed by atoms with Crippen LogP contribution in [0.3, 0.4) is 0 Å². The highest BCUT2D eigenvalue weighted by molar-refractivity contribution is 5.95. The molecule has 1 aliphatic heterocycles. The minimum atomic E-state index is -0.0252. The van der Waals surface area contributed by atoms with E-state index >= 15 is 0 Å². The van der Waals surface area contributed by atoms with Gasteiger partial charge in [0.05, 0.1) is 19.7 Å². The molecule has 0 saturated heterocycles. The number of ketones is 1. The molecule has 1 aliphatic rings. The number of carbonyl (C=O) groups is 1. The number of terminal acetylenes is 1. The molecule has 3 heteroatoms. The summed E-state index contributed by atoms with van der Waals surface area (Å²) in [5.41, 5.74) is 0. The van der Waals surface area contributed by atoms with Crippen LogP contribution in [0.15, 0.2) is 11.8 Å². The van der Waals surface area contributed by atoms with Crippen LogP contribution in [0.25, 0.3) is 0 Å². The summed E-state index contributed by atoms with van der Waals surface area (Å²) < 4.78 is 5.07. The van der Waals surface area contributed by atoms with E-state index in [1.165, 1.54) is 0 Å². The summed E-state index contributed by atoms with van der Waals surface area (Å²) in [5.74, 6) is 2.84. The normalized spacial score (nSPS) is 14.8. The molecule has 0 aliphatic carbocycles. The van der Waals surface area contributed by atoms with Crippen molar-refractivity contribution in [1.82, 2.24) is 5.32 Å². The Morgan fingerprint density at radius 2 is 2.67 bits per heavy atom. The maximum absolute atomic E-state index is 11.2. The topological polar surface area (TPSA) is 38.3 Å². The van der Waals surface area contributed by atoms with Gasteiger partial charge in [-0.3, -0.25) is 10.1 Å². The maximum Gasteiger partial charge on any atom is 0.210 e. The van der Waals surface area contributed by atoms with E-state index in [0.717, 1.165) is 6.42 Å². The van der Waals surface area contributed by atoms with Crippen LogP contribution in [0.2, 0.25) is 0 Å². The number of rotatable bonds is 4. The van der Waals surface area contributed by atoms with Gasteiger partial charge in [-0.15, -0.1) is 6.42 Å². The lowest BCUT2D eigenvalue weighted by Gasteiger charge is -2.01. The molecule has 3 nitrogen and oxygen atoms in total. The molecule has 1 N–H and O–H groups in total. The second-order valence-corrected chi connectivity index (χ2v) is 2.44. The first-order valence-corrected chi connectivity index (χ1v) is 3.85. The smallest absolute Gasteiger partial charge is 0.210 e. The van der Waals surface area contributed by atoms with Crippen LogP contribution >= 0.6 is 0 Å². The first kappa shape index (κ1) is 8.82. The highest BCUT2D eigenvalue weighted by atomic mass is 16.5. The van der Waals surface area contributed by atoms with E-state index in [9.17, 15) is 4.79 Å². The average molecular weight is 165 g/mol. The standard InChI is InChI=1S/C9H11NO2/c1-2-5-10-7-8(11)9-4-3-6-12-9/h1,4,10H,3,5-7H2. The Morgan fingerprint density at radius 3 is 3.25 bits per heavy atom. The Labute approximate surface area is 71.8 Å². The number of ether oxygens (including phenoxy) is 1. The maximum atomic E-state index is 11.2. The van der Waals surface area contributed by atoms with E-state index < -0.39 is 0 Å². The fraction of sp³-hybridized carbons (Fsp3) is 0.444. The Bertz CT molecular complexity index is 237. The predicted molar refractivity (Wildman–Crippen MR) is 45.4 cm³/mol. The Hall–Kier alpha value is -1.27. The summed E-state index contributed by atoms with van der Waals surface area (Å²) in [6, 6.07) is 0. The summed E-state index contributed by atoms with van der Waals surface area (Å²) in [6.45, 7) is 1.30. The number of Topliss-reactive ketones (excluding diaryl/α,β-unsaturated/α-hetero) is 1. The number of hydrogen-bond acceptors (Lipinski definition) is 3. The van der Waals surface area contributed by atoms with Crippen molar-refractivity contribution in [3.8, 4) is 12.3 Å². The van der Waals surface area contributed by atoms with Crippen LogP contribution in [0.1, 0.15) is 6.42 Å². The van der Waals surface area contributed by atoms with Crippen molar-refractivity contribution >= 4 is 5.78 Å². The van der Waals surface area contributed by atoms with Crippen molar-refractivity contribution in [2.24, 2.45) is 0 Å². The Balaban J connectivity index is 2.24. The molecule has 0 fully saturated rings. The molecule has 0 aromatic rings. The molecule has 0 radical (unpaired) electrons. The summed E-state index contributed by atoms with van der Waals surface area (Å²) in [7, 11) is 0. The van der Waals surface area contributed by atoms with Crippen molar-refractivity contribution in [2.75, 3.05) is 19.7 Å². The molecule has 0 aromatic heterocycles. The van der Waals surface area contributed by atoms with E-state index in [1.54, 1.807) is 6.08 Å². The van der Waals surface area contributed by atoms with Crippen LogP contribution in [0, 0.1) is 12.3 Å². The minimum Gasteiger partial charge on any atom is -0.490 e. The fourth-order valence-electron chi connectivity index (χ4n) is 0.947. The molecule has 0 spiro atoms. The molecule has 64 valence electrons. The van der Waals surface area contributed by atoms with Gasteiger partial charge in [0.1, 0.15) is 0 Å². The third kappa shape index (κ3) is 2.40. The lowest BCUT2D eigenvalue weighted by molar-refractivity contribution is -0.117. The van der Waals surface area contributed by atoms with Crippen molar-refractivity contribution in [3.05, 3.63) is 11.8 Å². The summed E-state index contributed by atoms with van der Waals surface area (Å²) in [5, 5.41) is 2.81. The molecule has 0 aromatic carbocycles. The molecule has 12 heavy (non-hydrogen) atoms. The summed E-state index contributed by atoms with van der Waals surface area (Å²) in [4.78, 5) is 11.2. The second-order valence-electron chi connectivity index (χ2n) is 2.44. The first-order chi connectivity index (χ1) is 5.84. The largest absolute Gasteiger partial charge is 0.490 e. The van der Waals surface area contributed by atoms with E-state index in [1.807, 2.05) is 0 Å². The van der Waals surface area contributed by atoms with Crippen molar-refractivity contribution < 1.29 is 9.53 Å². The number of hydrogen-bond donors (Lipinski definition) is 1. The van der Waals surface area contributed by atoms with E-state index in [0.29, 0.717) is 18.9 Å². The third-order valence-electron chi connectivity index (χ3n) is 1.49. The second kappa shape index (κ2) is 4.58. The molecule has 0 atom stereocenters. The molecule has 1 heterocycles. The van der Waals surface area contributed by atoms with Gasteiger partial charge in [-0.25, -0.2) is 0 Å². The molecular formula is C9H11NO2. The SMILES string of the molecule is C#CCNCC(=O)C1=CCCO1. The van der Waals surface area contributed by atoms with Crippen LogP contribution < -0.4 is 5.32 Å². The van der Waals surface area contributed by atoms with Gasteiger partial charge in [0, 0.05) is 6.42 Å².